The van der Waals surface area contributed by atoms with Gasteiger partial charge < -0.3 is 4.74 Å². The molecule has 0 fully saturated rings. The number of nitrogens with zero attached hydrogens (tertiary/aromatic N) is 2. The van der Waals surface area contributed by atoms with E-state index in [9.17, 15) is 34.2 Å². The topological polar surface area (TPSA) is 130 Å². The number of nitro benzene ring substituents is 1. The Hall–Kier alpha value is -3.69. The normalized spacial score (nSPS) is 12.6. The van der Waals surface area contributed by atoms with Crippen LogP contribution in [0.2, 0.25) is 0 Å². The maximum Gasteiger partial charge on any atom is 0.382 e. The van der Waals surface area contributed by atoms with E-state index in [1.165, 1.54) is 31.2 Å². The lowest BCUT2D eigenvalue weighted by Crippen LogP contribution is -2.38. The van der Waals surface area contributed by atoms with E-state index < -0.39 is 45.8 Å². The van der Waals surface area contributed by atoms with E-state index in [-0.39, 0.29) is 23.4 Å². The summed E-state index contributed by atoms with van der Waals surface area (Å²) >= 11 is 0. The molecular weight excluding hydrogens is 387 g/mol. The zero-order valence-electron chi connectivity index (χ0n) is 15.3. The highest BCUT2D eigenvalue weighted by Crippen LogP contribution is 2.29. The summed E-state index contributed by atoms with van der Waals surface area (Å²) in [7, 11) is 0. The van der Waals surface area contributed by atoms with Crippen LogP contribution in [0.1, 0.15) is 35.2 Å². The lowest BCUT2D eigenvalue weighted by atomic mass is 9.85. The van der Waals surface area contributed by atoms with Gasteiger partial charge in [-0.05, 0) is 36.8 Å². The third kappa shape index (κ3) is 5.41. The molecule has 0 heterocycles. The summed E-state index contributed by atoms with van der Waals surface area (Å²) in [5.74, 6) is -3.47. The van der Waals surface area contributed by atoms with Gasteiger partial charge in [0.2, 0.25) is 0 Å². The zero-order chi connectivity index (χ0) is 21.6. The second kappa shape index (κ2) is 9.49. The molecule has 0 aliphatic heterocycles. The van der Waals surface area contributed by atoms with E-state index in [2.05, 4.69) is 0 Å². The molecule has 152 valence electrons. The Morgan fingerprint density at radius 1 is 1.03 bits per heavy atom. The second-order valence-electron chi connectivity index (χ2n) is 6.07. The zero-order valence-corrected chi connectivity index (χ0v) is 15.3. The van der Waals surface area contributed by atoms with Gasteiger partial charge in [-0.15, -0.1) is 0 Å². The number of esters is 1. The quantitative estimate of drug-likeness (QED) is 0.271. The number of ether oxygens (including phenoxy) is 1. The molecule has 0 aliphatic rings. The van der Waals surface area contributed by atoms with Crippen LogP contribution in [0.25, 0.3) is 0 Å². The van der Waals surface area contributed by atoms with Crippen molar-refractivity contribution in [3.8, 4) is 0 Å². The predicted octanol–water partition coefficient (Wildman–Crippen LogP) is 3.30. The van der Waals surface area contributed by atoms with Crippen LogP contribution in [0.5, 0.6) is 0 Å². The molecule has 0 aliphatic carbocycles. The van der Waals surface area contributed by atoms with Gasteiger partial charge in [-0.1, -0.05) is 12.1 Å². The average Bonchev–Trinajstić information content (AvgIpc) is 2.68. The number of carbonyl (C=O) groups excluding carboxylic acids is 2. The van der Waals surface area contributed by atoms with Crippen LogP contribution in [0.15, 0.2) is 48.5 Å². The van der Waals surface area contributed by atoms with Gasteiger partial charge in [-0.25, -0.2) is 9.18 Å². The monoisotopic (exact) mass is 404 g/mol. The Labute approximate surface area is 164 Å². The Morgan fingerprint density at radius 3 is 2.10 bits per heavy atom. The first-order valence-corrected chi connectivity index (χ1v) is 8.57. The molecule has 0 radical (unpaired) electrons. The summed E-state index contributed by atoms with van der Waals surface area (Å²) in [6.45, 7) is 1.40. The molecule has 0 aromatic heterocycles. The van der Waals surface area contributed by atoms with Gasteiger partial charge in [0.1, 0.15) is 5.82 Å². The fourth-order valence-electron chi connectivity index (χ4n) is 2.83. The number of carbonyl (C=O) groups is 2. The summed E-state index contributed by atoms with van der Waals surface area (Å²) in [6.07, 6.45) is -0.450. The summed E-state index contributed by atoms with van der Waals surface area (Å²) in [5, 5.41) is 22.3. The maximum atomic E-state index is 13.3. The van der Waals surface area contributed by atoms with Crippen molar-refractivity contribution >= 4 is 17.4 Å². The van der Waals surface area contributed by atoms with Crippen LogP contribution < -0.4 is 0 Å². The molecule has 10 heteroatoms. The third-order valence-electron chi connectivity index (χ3n) is 4.24. The first kappa shape index (κ1) is 21.6. The number of halogens is 1. The predicted molar refractivity (Wildman–Crippen MR) is 98.6 cm³/mol. The van der Waals surface area contributed by atoms with Crippen molar-refractivity contribution in [2.24, 2.45) is 0 Å². The number of benzene rings is 2. The summed E-state index contributed by atoms with van der Waals surface area (Å²) < 4.78 is 18.1. The van der Waals surface area contributed by atoms with Crippen molar-refractivity contribution in [3.05, 3.63) is 85.7 Å². The van der Waals surface area contributed by atoms with Crippen molar-refractivity contribution in [3.63, 3.8) is 0 Å². The molecule has 0 bridgehead atoms. The van der Waals surface area contributed by atoms with Crippen molar-refractivity contribution in [2.45, 2.75) is 25.3 Å². The van der Waals surface area contributed by atoms with Crippen LogP contribution in [0.4, 0.5) is 10.1 Å². The SMILES string of the molecule is CCOC(=O)[C@H]([C@H](CC(=O)c1ccc([N+](=O)[O-])cc1)c1ccc(F)cc1)[N+](=O)[O-]. The van der Waals surface area contributed by atoms with Gasteiger partial charge in [-0.3, -0.25) is 25.0 Å². The van der Waals surface area contributed by atoms with E-state index in [1.54, 1.807) is 0 Å². The van der Waals surface area contributed by atoms with E-state index in [0.29, 0.717) is 0 Å². The Bertz CT molecular complexity index is 913. The number of hydrogen-bond acceptors (Lipinski definition) is 7. The van der Waals surface area contributed by atoms with Crippen molar-refractivity contribution < 1.29 is 28.6 Å². The number of rotatable bonds is 9. The first-order valence-electron chi connectivity index (χ1n) is 8.57. The maximum absolute atomic E-state index is 13.3. The number of Topliss-reactive ketones (excluding diaryl/α,β-unsaturated/α-hetero) is 1. The highest BCUT2D eigenvalue weighted by Gasteiger charge is 2.42. The molecule has 2 atom stereocenters. The summed E-state index contributed by atoms with van der Waals surface area (Å²) in [4.78, 5) is 45.7. The Kier molecular flexibility index (Phi) is 7.07. The van der Waals surface area contributed by atoms with E-state index in [0.717, 1.165) is 24.3 Å². The highest BCUT2D eigenvalue weighted by molar-refractivity contribution is 5.97. The van der Waals surface area contributed by atoms with Crippen molar-refractivity contribution in [1.29, 1.82) is 0 Å². The number of ketones is 1. The van der Waals surface area contributed by atoms with Gasteiger partial charge in [0.25, 0.3) is 5.69 Å². The fraction of sp³-hybridized carbons (Fsp3) is 0.263. The van der Waals surface area contributed by atoms with Gasteiger partial charge in [0.15, 0.2) is 5.78 Å². The average molecular weight is 404 g/mol. The lowest BCUT2D eigenvalue weighted by molar-refractivity contribution is -0.514. The fourth-order valence-corrected chi connectivity index (χ4v) is 2.83. The number of non-ortho nitro benzene ring substituents is 1. The molecule has 9 nitrogen and oxygen atoms in total. The van der Waals surface area contributed by atoms with Crippen LogP contribution in [0, 0.1) is 26.0 Å². The molecule has 0 N–H and O–H groups in total. The largest absolute Gasteiger partial charge is 0.461 e. The first-order chi connectivity index (χ1) is 13.7. The Balaban J connectivity index is 2.39. The van der Waals surface area contributed by atoms with Gasteiger partial charge >= 0.3 is 12.0 Å². The summed E-state index contributed by atoms with van der Waals surface area (Å²) in [6, 6.07) is 7.52. The van der Waals surface area contributed by atoms with Crippen LogP contribution in [0.3, 0.4) is 0 Å². The number of hydrogen-bond donors (Lipinski definition) is 0. The molecular formula is C19H17FN2O7. The molecule has 2 rings (SSSR count). The van der Waals surface area contributed by atoms with Crippen LogP contribution in [-0.2, 0) is 9.53 Å². The van der Waals surface area contributed by atoms with Crippen molar-refractivity contribution in [2.75, 3.05) is 6.61 Å². The molecule has 2 aromatic rings. The molecule has 29 heavy (non-hydrogen) atoms. The molecule has 0 spiro atoms. The smallest absolute Gasteiger partial charge is 0.382 e. The standard InChI is InChI=1S/C19H17FN2O7/c1-2-29-19(24)18(22(27)28)16(12-3-7-14(20)8-4-12)11-17(23)13-5-9-15(10-6-13)21(25)26/h3-10,16,18H,2,11H2,1H3/t16-,18+/m1/s1. The van der Waals surface area contributed by atoms with E-state index in [4.69, 9.17) is 4.74 Å². The number of nitro groups is 2. The third-order valence-corrected chi connectivity index (χ3v) is 4.24. The van der Waals surface area contributed by atoms with E-state index in [1.807, 2.05) is 0 Å². The molecule has 0 unspecified atom stereocenters. The van der Waals surface area contributed by atoms with Crippen LogP contribution >= 0.6 is 0 Å². The molecule has 0 saturated carbocycles. The highest BCUT2D eigenvalue weighted by atomic mass is 19.1. The minimum absolute atomic E-state index is 0.0877. The Morgan fingerprint density at radius 2 is 1.62 bits per heavy atom. The van der Waals surface area contributed by atoms with Crippen LogP contribution in [-0.4, -0.2) is 34.2 Å². The summed E-state index contributed by atoms with van der Waals surface area (Å²) in [5.41, 5.74) is 0.0939. The minimum Gasteiger partial charge on any atom is -0.461 e. The molecule has 2 aromatic carbocycles. The second-order valence-corrected chi connectivity index (χ2v) is 6.07. The van der Waals surface area contributed by atoms with Gasteiger partial charge in [0, 0.05) is 29.0 Å². The molecule has 0 amide bonds. The lowest BCUT2D eigenvalue weighted by Gasteiger charge is -2.20. The van der Waals surface area contributed by atoms with Crippen molar-refractivity contribution in [1.82, 2.24) is 0 Å². The van der Waals surface area contributed by atoms with E-state index >= 15 is 0 Å². The van der Waals surface area contributed by atoms with Gasteiger partial charge in [0.05, 0.1) is 17.4 Å². The molecule has 0 saturated heterocycles. The van der Waals surface area contributed by atoms with Gasteiger partial charge in [-0.2, -0.15) is 0 Å². The minimum atomic E-state index is -1.87.